The average Bonchev–Trinajstić information content (AvgIpc) is 3.44. The molecule has 1 heterocycles. The van der Waals surface area contributed by atoms with Gasteiger partial charge in [0.25, 0.3) is 0 Å². The van der Waals surface area contributed by atoms with Crippen molar-refractivity contribution in [2.24, 2.45) is 5.92 Å². The third-order valence-electron chi connectivity index (χ3n) is 5.40. The molecule has 2 N–H and O–H groups in total. The highest BCUT2D eigenvalue weighted by molar-refractivity contribution is 5.83. The van der Waals surface area contributed by atoms with Gasteiger partial charge in [-0.1, -0.05) is 43.7 Å². The van der Waals surface area contributed by atoms with Crippen LogP contribution in [0.4, 0.5) is 0 Å². The molecule has 3 rings (SSSR count). The number of carbonyl (C=O) groups excluding carboxylic acids is 2. The van der Waals surface area contributed by atoms with Crippen LogP contribution in [0.25, 0.3) is 0 Å². The van der Waals surface area contributed by atoms with E-state index in [-0.39, 0.29) is 23.9 Å². The molecule has 2 aliphatic rings. The lowest BCUT2D eigenvalue weighted by Gasteiger charge is -2.40. The first-order chi connectivity index (χ1) is 12.1. The fraction of sp³-hybridized carbons (Fsp3) is 0.600. The van der Waals surface area contributed by atoms with Crippen LogP contribution < -0.4 is 10.6 Å². The summed E-state index contributed by atoms with van der Waals surface area (Å²) in [5.74, 6) is 0.582. The minimum atomic E-state index is -0.329. The van der Waals surface area contributed by atoms with Gasteiger partial charge >= 0.3 is 0 Å². The van der Waals surface area contributed by atoms with Crippen molar-refractivity contribution in [1.29, 1.82) is 0 Å². The van der Waals surface area contributed by atoms with Crippen LogP contribution in [0.3, 0.4) is 0 Å². The topological polar surface area (TPSA) is 61.4 Å². The number of piperidine rings is 1. The van der Waals surface area contributed by atoms with Crippen molar-refractivity contribution < 1.29 is 9.59 Å². The monoisotopic (exact) mass is 343 g/mol. The lowest BCUT2D eigenvalue weighted by Crippen LogP contribution is -2.53. The number of likely N-dealkylation sites (tertiary alicyclic amines) is 1. The van der Waals surface area contributed by atoms with Gasteiger partial charge in [0.15, 0.2) is 0 Å². The first-order valence-corrected chi connectivity index (χ1v) is 9.45. The Morgan fingerprint density at radius 2 is 1.92 bits per heavy atom. The molecule has 1 aliphatic heterocycles. The van der Waals surface area contributed by atoms with E-state index in [1.54, 1.807) is 6.92 Å². The normalized spacial score (nSPS) is 24.6. The molecular formula is C20H29N3O2. The Balaban J connectivity index is 1.72. The van der Waals surface area contributed by atoms with Crippen molar-refractivity contribution in [2.75, 3.05) is 13.1 Å². The van der Waals surface area contributed by atoms with Gasteiger partial charge in [-0.2, -0.15) is 0 Å². The van der Waals surface area contributed by atoms with E-state index in [9.17, 15) is 9.59 Å². The van der Waals surface area contributed by atoms with Crippen LogP contribution >= 0.6 is 0 Å². The van der Waals surface area contributed by atoms with E-state index in [2.05, 4.69) is 17.6 Å². The summed E-state index contributed by atoms with van der Waals surface area (Å²) in [5, 5.41) is 6.75. The molecule has 2 fully saturated rings. The smallest absolute Gasteiger partial charge is 0.241 e. The Morgan fingerprint density at radius 1 is 1.20 bits per heavy atom. The van der Waals surface area contributed by atoms with Gasteiger partial charge in [-0.15, -0.1) is 0 Å². The van der Waals surface area contributed by atoms with Crippen LogP contribution in [-0.4, -0.2) is 41.9 Å². The third kappa shape index (κ3) is 4.60. The first-order valence-electron chi connectivity index (χ1n) is 9.45. The van der Waals surface area contributed by atoms with Crippen LogP contribution in [-0.2, 0) is 9.59 Å². The maximum Gasteiger partial charge on any atom is 0.241 e. The Kier molecular flexibility index (Phi) is 5.74. The van der Waals surface area contributed by atoms with Crippen molar-refractivity contribution in [2.45, 2.75) is 57.7 Å². The zero-order valence-electron chi connectivity index (χ0n) is 15.2. The van der Waals surface area contributed by atoms with E-state index in [4.69, 9.17) is 0 Å². The molecule has 1 saturated heterocycles. The van der Waals surface area contributed by atoms with Crippen LogP contribution in [0.1, 0.15) is 51.1 Å². The third-order valence-corrected chi connectivity index (χ3v) is 5.40. The Hall–Kier alpha value is -1.88. The summed E-state index contributed by atoms with van der Waals surface area (Å²) >= 11 is 0. The van der Waals surface area contributed by atoms with Gasteiger partial charge in [-0.05, 0) is 30.7 Å². The highest BCUT2D eigenvalue weighted by Gasteiger charge is 2.34. The summed E-state index contributed by atoms with van der Waals surface area (Å²) in [7, 11) is 0. The SMILES string of the molecule is CC[C@@H]1CN(C(C)=O)CC[C@@H]1N[C@H](C(=O)NC1CC1)c1ccccc1. The molecular weight excluding hydrogens is 314 g/mol. The summed E-state index contributed by atoms with van der Waals surface area (Å²) in [6.07, 6.45) is 4.05. The van der Waals surface area contributed by atoms with Gasteiger partial charge < -0.3 is 10.2 Å². The number of nitrogens with one attached hydrogen (secondary N) is 2. The second kappa shape index (κ2) is 8.00. The summed E-state index contributed by atoms with van der Waals surface area (Å²) in [6.45, 7) is 5.33. The predicted molar refractivity (Wildman–Crippen MR) is 97.9 cm³/mol. The number of carbonyl (C=O) groups is 2. The molecule has 0 bridgehead atoms. The summed E-state index contributed by atoms with van der Waals surface area (Å²) in [5.41, 5.74) is 1.00. The van der Waals surface area contributed by atoms with E-state index in [0.29, 0.717) is 12.0 Å². The zero-order chi connectivity index (χ0) is 17.8. The fourth-order valence-corrected chi connectivity index (χ4v) is 3.65. The molecule has 5 nitrogen and oxygen atoms in total. The minimum absolute atomic E-state index is 0.0672. The molecule has 0 spiro atoms. The number of rotatable bonds is 6. The standard InChI is InChI=1S/C20H29N3O2/c1-3-15-13-23(14(2)24)12-11-18(15)22-19(16-7-5-4-6-8-16)20(25)21-17-9-10-17/h4-8,15,17-19,22H,3,9-13H2,1-2H3,(H,21,25)/t15-,18+,19+/m1/s1. The van der Waals surface area contributed by atoms with E-state index >= 15 is 0 Å². The molecule has 1 aromatic rings. The average molecular weight is 343 g/mol. The van der Waals surface area contributed by atoms with Gasteiger partial charge in [-0.3, -0.25) is 14.9 Å². The largest absolute Gasteiger partial charge is 0.352 e. The number of nitrogens with zero attached hydrogens (tertiary/aromatic N) is 1. The van der Waals surface area contributed by atoms with Crippen molar-refractivity contribution in [3.05, 3.63) is 35.9 Å². The molecule has 0 radical (unpaired) electrons. The lowest BCUT2D eigenvalue weighted by atomic mass is 9.88. The Morgan fingerprint density at radius 3 is 2.52 bits per heavy atom. The van der Waals surface area contributed by atoms with Crippen LogP contribution in [0, 0.1) is 5.92 Å². The van der Waals surface area contributed by atoms with Gasteiger partial charge in [0.1, 0.15) is 6.04 Å². The molecule has 1 saturated carbocycles. The first kappa shape index (κ1) is 17.9. The molecule has 0 unspecified atom stereocenters. The molecule has 1 aliphatic carbocycles. The summed E-state index contributed by atoms with van der Waals surface area (Å²) < 4.78 is 0. The number of benzene rings is 1. The molecule has 5 heteroatoms. The predicted octanol–water partition coefficient (Wildman–Crippen LogP) is 2.24. The van der Waals surface area contributed by atoms with Gasteiger partial charge in [0.2, 0.25) is 11.8 Å². The maximum atomic E-state index is 12.8. The summed E-state index contributed by atoms with van der Waals surface area (Å²) in [6, 6.07) is 10.2. The maximum absolute atomic E-state index is 12.8. The lowest BCUT2D eigenvalue weighted by molar-refractivity contribution is -0.131. The van der Waals surface area contributed by atoms with Crippen molar-refractivity contribution in [1.82, 2.24) is 15.5 Å². The number of hydrogen-bond acceptors (Lipinski definition) is 3. The van der Waals surface area contributed by atoms with E-state index in [0.717, 1.165) is 44.3 Å². The Bertz CT molecular complexity index is 600. The highest BCUT2D eigenvalue weighted by Crippen LogP contribution is 2.25. The molecule has 2 amide bonds. The quantitative estimate of drug-likeness (QED) is 0.833. The molecule has 25 heavy (non-hydrogen) atoms. The van der Waals surface area contributed by atoms with E-state index < -0.39 is 0 Å². The second-order valence-electron chi connectivity index (χ2n) is 7.32. The minimum Gasteiger partial charge on any atom is -0.352 e. The van der Waals surface area contributed by atoms with Crippen LogP contribution in [0.2, 0.25) is 0 Å². The van der Waals surface area contributed by atoms with Gasteiger partial charge in [0.05, 0.1) is 0 Å². The van der Waals surface area contributed by atoms with Crippen molar-refractivity contribution >= 4 is 11.8 Å². The van der Waals surface area contributed by atoms with Crippen molar-refractivity contribution in [3.8, 4) is 0 Å². The summed E-state index contributed by atoms with van der Waals surface area (Å²) in [4.78, 5) is 26.4. The van der Waals surface area contributed by atoms with Gasteiger partial charge in [-0.25, -0.2) is 0 Å². The highest BCUT2D eigenvalue weighted by atomic mass is 16.2. The van der Waals surface area contributed by atoms with Crippen LogP contribution in [0.5, 0.6) is 0 Å². The second-order valence-corrected chi connectivity index (χ2v) is 7.32. The molecule has 3 atom stereocenters. The van der Waals surface area contributed by atoms with E-state index in [1.807, 2.05) is 35.2 Å². The van der Waals surface area contributed by atoms with Crippen molar-refractivity contribution in [3.63, 3.8) is 0 Å². The molecule has 136 valence electrons. The molecule has 1 aromatic carbocycles. The zero-order valence-corrected chi connectivity index (χ0v) is 15.2. The number of hydrogen-bond donors (Lipinski definition) is 2. The molecule has 0 aromatic heterocycles. The van der Waals surface area contributed by atoms with Gasteiger partial charge in [0, 0.05) is 32.1 Å². The van der Waals surface area contributed by atoms with E-state index in [1.165, 1.54) is 0 Å². The number of amides is 2. The fourth-order valence-electron chi connectivity index (χ4n) is 3.65. The Labute approximate surface area is 150 Å². The van der Waals surface area contributed by atoms with Crippen LogP contribution in [0.15, 0.2) is 30.3 Å².